The third-order valence-electron chi connectivity index (χ3n) is 2.48. The highest BCUT2D eigenvalue weighted by Gasteiger charge is 2.19. The van der Waals surface area contributed by atoms with Gasteiger partial charge in [-0.05, 0) is 25.1 Å². The second kappa shape index (κ2) is 5.88. The van der Waals surface area contributed by atoms with E-state index in [4.69, 9.17) is 22.5 Å². The molecule has 10 heteroatoms. The average Bonchev–Trinajstić information content (AvgIpc) is 2.87. The molecule has 0 bridgehead atoms. The van der Waals surface area contributed by atoms with Gasteiger partial charge in [0.25, 0.3) is 10.0 Å². The summed E-state index contributed by atoms with van der Waals surface area (Å²) in [6.07, 6.45) is 1.27. The highest BCUT2D eigenvalue weighted by molar-refractivity contribution is 7.94. The van der Waals surface area contributed by atoms with Crippen molar-refractivity contribution in [1.82, 2.24) is 4.98 Å². The largest absolute Gasteiger partial charge is 0.409 e. The summed E-state index contributed by atoms with van der Waals surface area (Å²) < 4.78 is 26.8. The first-order valence-electron chi connectivity index (χ1n) is 5.56. The van der Waals surface area contributed by atoms with Crippen molar-refractivity contribution in [2.24, 2.45) is 10.9 Å². The van der Waals surface area contributed by atoms with Crippen molar-refractivity contribution in [2.75, 3.05) is 4.72 Å². The van der Waals surface area contributed by atoms with Gasteiger partial charge in [-0.25, -0.2) is 13.4 Å². The standard InChI is InChI=1S/C11H11ClN4O3S2/c1-6-14-5-10(20-6)21(18,19)16-9-4-7(11(13)15-17)2-3-8(9)12/h2-5,16-17H,1H3,(H2,13,15). The molecule has 0 unspecified atom stereocenters. The first-order valence-corrected chi connectivity index (χ1v) is 8.24. The maximum Gasteiger partial charge on any atom is 0.273 e. The van der Waals surface area contributed by atoms with Crippen molar-refractivity contribution in [2.45, 2.75) is 11.1 Å². The van der Waals surface area contributed by atoms with E-state index in [1.165, 1.54) is 24.4 Å². The predicted octanol–water partition coefficient (Wildman–Crippen LogP) is 2.00. The molecule has 0 atom stereocenters. The van der Waals surface area contributed by atoms with E-state index in [2.05, 4.69) is 14.9 Å². The summed E-state index contributed by atoms with van der Waals surface area (Å²) in [6, 6.07) is 4.33. The second-order valence-corrected chi connectivity index (χ2v) is 7.53. The van der Waals surface area contributed by atoms with Crippen LogP contribution in [0.15, 0.2) is 33.8 Å². The minimum Gasteiger partial charge on any atom is -0.409 e. The number of oxime groups is 1. The van der Waals surface area contributed by atoms with Crippen LogP contribution in [-0.2, 0) is 10.0 Å². The Bertz CT molecular complexity index is 802. The fourth-order valence-electron chi connectivity index (χ4n) is 1.48. The molecule has 7 nitrogen and oxygen atoms in total. The van der Waals surface area contributed by atoms with E-state index in [1.807, 2.05) is 0 Å². The molecule has 112 valence electrons. The number of amidine groups is 1. The Kier molecular flexibility index (Phi) is 4.35. The zero-order valence-electron chi connectivity index (χ0n) is 10.7. The molecule has 1 heterocycles. The molecule has 0 aliphatic carbocycles. The molecule has 0 aliphatic heterocycles. The lowest BCUT2D eigenvalue weighted by Crippen LogP contribution is -2.15. The van der Waals surface area contributed by atoms with Gasteiger partial charge in [-0.1, -0.05) is 16.8 Å². The fraction of sp³-hybridized carbons (Fsp3) is 0.0909. The molecule has 1 aromatic carbocycles. The normalized spacial score (nSPS) is 12.4. The average molecular weight is 347 g/mol. The van der Waals surface area contributed by atoms with Crippen LogP contribution in [-0.4, -0.2) is 24.4 Å². The third-order valence-corrected chi connectivity index (χ3v) is 5.55. The van der Waals surface area contributed by atoms with Crippen LogP contribution in [0.25, 0.3) is 0 Å². The summed E-state index contributed by atoms with van der Waals surface area (Å²) in [5, 5.41) is 12.3. The summed E-state index contributed by atoms with van der Waals surface area (Å²) >= 11 is 7.00. The van der Waals surface area contributed by atoms with Crippen molar-refractivity contribution in [3.8, 4) is 0 Å². The molecular weight excluding hydrogens is 336 g/mol. The number of hydrogen-bond donors (Lipinski definition) is 3. The van der Waals surface area contributed by atoms with Gasteiger partial charge in [0.05, 0.1) is 21.9 Å². The van der Waals surface area contributed by atoms with Crippen LogP contribution in [0.5, 0.6) is 0 Å². The Morgan fingerprint density at radius 1 is 1.52 bits per heavy atom. The van der Waals surface area contributed by atoms with Crippen LogP contribution < -0.4 is 10.5 Å². The smallest absolute Gasteiger partial charge is 0.273 e. The Labute approximate surface area is 130 Å². The molecule has 1 aromatic heterocycles. The molecule has 0 radical (unpaired) electrons. The van der Waals surface area contributed by atoms with Gasteiger partial charge in [0.1, 0.15) is 0 Å². The number of sulfonamides is 1. The summed E-state index contributed by atoms with van der Waals surface area (Å²) in [4.78, 5) is 3.90. The van der Waals surface area contributed by atoms with Crippen LogP contribution in [0.4, 0.5) is 5.69 Å². The zero-order valence-corrected chi connectivity index (χ0v) is 13.1. The van der Waals surface area contributed by atoms with Gasteiger partial charge < -0.3 is 10.9 Å². The van der Waals surface area contributed by atoms with Crippen LogP contribution in [0.1, 0.15) is 10.6 Å². The van der Waals surface area contributed by atoms with Gasteiger partial charge >= 0.3 is 0 Å². The fourth-order valence-corrected chi connectivity index (χ4v) is 3.88. The van der Waals surface area contributed by atoms with Crippen molar-refractivity contribution < 1.29 is 13.6 Å². The van der Waals surface area contributed by atoms with Gasteiger partial charge in [-0.3, -0.25) is 4.72 Å². The molecule has 0 spiro atoms. The maximum absolute atomic E-state index is 12.2. The van der Waals surface area contributed by atoms with Crippen LogP contribution >= 0.6 is 22.9 Å². The summed E-state index contributed by atoms with van der Waals surface area (Å²) in [6.45, 7) is 1.70. The summed E-state index contributed by atoms with van der Waals surface area (Å²) in [7, 11) is -3.79. The summed E-state index contributed by atoms with van der Waals surface area (Å²) in [5.41, 5.74) is 5.93. The number of thiazole rings is 1. The van der Waals surface area contributed by atoms with Crippen LogP contribution in [0.2, 0.25) is 5.02 Å². The quantitative estimate of drug-likeness (QED) is 0.338. The van der Waals surface area contributed by atoms with E-state index in [0.29, 0.717) is 10.6 Å². The third kappa shape index (κ3) is 3.43. The van der Waals surface area contributed by atoms with Gasteiger partial charge in [0.2, 0.25) is 0 Å². The SMILES string of the molecule is Cc1ncc(S(=O)(=O)Nc2cc(/C(N)=N/O)ccc2Cl)s1. The molecule has 0 aliphatic rings. The van der Waals surface area contributed by atoms with E-state index in [-0.39, 0.29) is 20.8 Å². The molecule has 21 heavy (non-hydrogen) atoms. The van der Waals surface area contributed by atoms with E-state index < -0.39 is 10.0 Å². The first kappa shape index (κ1) is 15.5. The maximum atomic E-state index is 12.2. The first-order chi connectivity index (χ1) is 9.83. The molecular formula is C11H11ClN4O3S2. The predicted molar refractivity (Wildman–Crippen MR) is 81.6 cm³/mol. The molecule has 0 amide bonds. The number of aryl methyl sites for hydroxylation is 1. The topological polar surface area (TPSA) is 118 Å². The lowest BCUT2D eigenvalue weighted by atomic mass is 10.2. The second-order valence-electron chi connectivity index (χ2n) is 3.98. The van der Waals surface area contributed by atoms with Gasteiger partial charge in [0.15, 0.2) is 10.0 Å². The van der Waals surface area contributed by atoms with Crippen LogP contribution in [0.3, 0.4) is 0 Å². The van der Waals surface area contributed by atoms with Crippen molar-refractivity contribution in [3.63, 3.8) is 0 Å². The number of rotatable bonds is 4. The lowest BCUT2D eigenvalue weighted by molar-refractivity contribution is 0.318. The van der Waals surface area contributed by atoms with E-state index in [0.717, 1.165) is 11.3 Å². The molecule has 2 rings (SSSR count). The number of nitrogens with zero attached hydrogens (tertiary/aromatic N) is 2. The number of anilines is 1. The number of aromatic nitrogens is 1. The Morgan fingerprint density at radius 2 is 2.24 bits per heavy atom. The van der Waals surface area contributed by atoms with Crippen molar-refractivity contribution >= 4 is 44.5 Å². The van der Waals surface area contributed by atoms with E-state index in [9.17, 15) is 8.42 Å². The molecule has 2 aromatic rings. The molecule has 0 saturated carbocycles. The monoisotopic (exact) mass is 346 g/mol. The van der Waals surface area contributed by atoms with Gasteiger partial charge in [-0.15, -0.1) is 11.3 Å². The Morgan fingerprint density at radius 3 is 2.81 bits per heavy atom. The van der Waals surface area contributed by atoms with Gasteiger partial charge in [-0.2, -0.15) is 0 Å². The minimum absolute atomic E-state index is 0.0743. The van der Waals surface area contributed by atoms with Crippen LogP contribution in [0, 0.1) is 6.92 Å². The van der Waals surface area contributed by atoms with Crippen molar-refractivity contribution in [1.29, 1.82) is 0 Å². The number of hydrogen-bond acceptors (Lipinski definition) is 6. The molecule has 0 saturated heterocycles. The Hall–Kier alpha value is -1.84. The number of nitrogens with one attached hydrogen (secondary N) is 1. The van der Waals surface area contributed by atoms with E-state index in [1.54, 1.807) is 6.92 Å². The summed E-state index contributed by atoms with van der Waals surface area (Å²) in [5.74, 6) is -0.152. The number of benzene rings is 1. The zero-order chi connectivity index (χ0) is 15.6. The number of nitrogens with two attached hydrogens (primary N) is 1. The Balaban J connectivity index is 2.39. The highest BCUT2D eigenvalue weighted by atomic mass is 35.5. The lowest BCUT2D eigenvalue weighted by Gasteiger charge is -2.09. The molecule has 0 fully saturated rings. The molecule has 4 N–H and O–H groups in total. The minimum atomic E-state index is -3.79. The highest BCUT2D eigenvalue weighted by Crippen LogP contribution is 2.27. The number of halogens is 1. The van der Waals surface area contributed by atoms with Crippen molar-refractivity contribution in [3.05, 3.63) is 40.0 Å². The van der Waals surface area contributed by atoms with Gasteiger partial charge in [0, 0.05) is 5.56 Å². The van der Waals surface area contributed by atoms with E-state index >= 15 is 0 Å².